The highest BCUT2D eigenvalue weighted by Gasteiger charge is 2.33. The van der Waals surface area contributed by atoms with Crippen molar-refractivity contribution in [2.24, 2.45) is 0 Å². The Morgan fingerprint density at radius 2 is 1.52 bits per heavy atom. The molecule has 0 amide bonds. The zero-order valence-corrected chi connectivity index (χ0v) is 15.4. The van der Waals surface area contributed by atoms with Crippen LogP contribution in [0.3, 0.4) is 0 Å². The van der Waals surface area contributed by atoms with Crippen LogP contribution in [0.25, 0.3) is 0 Å². The Balaban J connectivity index is 1.91. The second-order valence-corrected chi connectivity index (χ2v) is 5.55. The van der Waals surface area contributed by atoms with Crippen molar-refractivity contribution in [3.63, 3.8) is 0 Å². The Morgan fingerprint density at radius 3 is 2.07 bits per heavy atom. The molecule has 27 heavy (non-hydrogen) atoms. The summed E-state index contributed by atoms with van der Waals surface area (Å²) in [6.07, 6.45) is -4.44. The molecule has 148 valence electrons. The summed E-state index contributed by atoms with van der Waals surface area (Å²) in [5, 5.41) is 3.11. The van der Waals surface area contributed by atoms with Crippen LogP contribution in [-0.4, -0.2) is 34.5 Å². The summed E-state index contributed by atoms with van der Waals surface area (Å²) in [5.74, 6) is 1.38. The van der Waals surface area contributed by atoms with Gasteiger partial charge in [0.15, 0.2) is 11.5 Å². The summed E-state index contributed by atoms with van der Waals surface area (Å²) < 4.78 is 59.9. The predicted octanol–water partition coefficient (Wildman–Crippen LogP) is 3.90. The monoisotopic (exact) mass is 385 g/mol. The first-order chi connectivity index (χ1) is 12.9. The van der Waals surface area contributed by atoms with Gasteiger partial charge in [0.2, 0.25) is 5.75 Å². The second kappa shape index (κ2) is 9.36. The van der Waals surface area contributed by atoms with E-state index in [9.17, 15) is 13.2 Å². The fourth-order valence-corrected chi connectivity index (χ4v) is 2.53. The number of para-hydroxylation sites is 1. The number of methoxy groups -OCH3 is 3. The van der Waals surface area contributed by atoms with Gasteiger partial charge in [0.05, 0.1) is 26.9 Å². The lowest BCUT2D eigenvalue weighted by Crippen LogP contribution is -2.21. The van der Waals surface area contributed by atoms with Crippen molar-refractivity contribution in [2.75, 3.05) is 34.5 Å². The number of benzene rings is 2. The number of hydrogen-bond donors (Lipinski definition) is 1. The van der Waals surface area contributed by atoms with Gasteiger partial charge >= 0.3 is 6.18 Å². The minimum Gasteiger partial charge on any atom is -0.493 e. The van der Waals surface area contributed by atoms with E-state index >= 15 is 0 Å². The fourth-order valence-electron chi connectivity index (χ4n) is 2.53. The molecule has 2 aromatic carbocycles. The number of ether oxygens (including phenoxy) is 4. The zero-order chi connectivity index (χ0) is 19.9. The summed E-state index contributed by atoms with van der Waals surface area (Å²) in [7, 11) is 4.58. The van der Waals surface area contributed by atoms with Crippen molar-refractivity contribution in [1.29, 1.82) is 0 Å². The average Bonchev–Trinajstić information content (AvgIpc) is 2.66. The van der Waals surface area contributed by atoms with Crippen molar-refractivity contribution in [1.82, 2.24) is 5.32 Å². The van der Waals surface area contributed by atoms with Crippen LogP contribution in [0, 0.1) is 0 Å². The Kier molecular flexibility index (Phi) is 7.18. The van der Waals surface area contributed by atoms with Crippen molar-refractivity contribution >= 4 is 0 Å². The van der Waals surface area contributed by atoms with Crippen LogP contribution in [0.2, 0.25) is 0 Å². The number of rotatable bonds is 9. The highest BCUT2D eigenvalue weighted by Crippen LogP contribution is 2.38. The Labute approximate surface area is 156 Å². The topological polar surface area (TPSA) is 49.0 Å². The summed E-state index contributed by atoms with van der Waals surface area (Å²) in [4.78, 5) is 0. The first kappa shape index (κ1) is 20.7. The van der Waals surface area contributed by atoms with E-state index in [0.29, 0.717) is 30.3 Å². The van der Waals surface area contributed by atoms with E-state index in [1.54, 1.807) is 12.1 Å². The molecule has 5 nitrogen and oxygen atoms in total. The maximum atomic E-state index is 12.9. The Morgan fingerprint density at radius 1 is 0.889 bits per heavy atom. The number of nitrogens with one attached hydrogen (secondary N) is 1. The molecule has 0 saturated heterocycles. The van der Waals surface area contributed by atoms with E-state index in [4.69, 9.17) is 18.9 Å². The van der Waals surface area contributed by atoms with E-state index in [-0.39, 0.29) is 12.4 Å². The normalized spacial score (nSPS) is 11.2. The maximum Gasteiger partial charge on any atom is 0.419 e. The quantitative estimate of drug-likeness (QED) is 0.664. The Bertz CT molecular complexity index is 725. The van der Waals surface area contributed by atoms with Gasteiger partial charge in [-0.3, -0.25) is 0 Å². The molecule has 0 fully saturated rings. The lowest BCUT2D eigenvalue weighted by atomic mass is 10.1. The van der Waals surface area contributed by atoms with Gasteiger partial charge in [0, 0.05) is 13.1 Å². The molecule has 8 heteroatoms. The maximum absolute atomic E-state index is 12.9. The molecule has 0 aliphatic heterocycles. The van der Waals surface area contributed by atoms with Crippen LogP contribution in [0.1, 0.15) is 11.1 Å². The molecular weight excluding hydrogens is 363 g/mol. The van der Waals surface area contributed by atoms with E-state index in [1.165, 1.54) is 39.5 Å². The summed E-state index contributed by atoms with van der Waals surface area (Å²) >= 11 is 0. The first-order valence-corrected chi connectivity index (χ1v) is 8.19. The van der Waals surface area contributed by atoms with Gasteiger partial charge < -0.3 is 24.3 Å². The smallest absolute Gasteiger partial charge is 0.419 e. The van der Waals surface area contributed by atoms with Gasteiger partial charge in [-0.1, -0.05) is 12.1 Å². The minimum absolute atomic E-state index is 0.0948. The fraction of sp³-hybridized carbons (Fsp3) is 0.368. The third kappa shape index (κ3) is 5.43. The van der Waals surface area contributed by atoms with Gasteiger partial charge in [0.1, 0.15) is 12.4 Å². The predicted molar refractivity (Wildman–Crippen MR) is 94.7 cm³/mol. The molecule has 0 unspecified atom stereocenters. The summed E-state index contributed by atoms with van der Waals surface area (Å²) in [6.45, 7) is 0.918. The van der Waals surface area contributed by atoms with Crippen LogP contribution >= 0.6 is 0 Å². The highest BCUT2D eigenvalue weighted by atomic mass is 19.4. The molecule has 0 bridgehead atoms. The molecule has 2 aromatic rings. The Hall–Kier alpha value is -2.61. The van der Waals surface area contributed by atoms with Gasteiger partial charge in [-0.05, 0) is 29.8 Å². The molecule has 0 spiro atoms. The number of alkyl halides is 3. The third-order valence-electron chi connectivity index (χ3n) is 3.78. The zero-order valence-electron chi connectivity index (χ0n) is 15.4. The van der Waals surface area contributed by atoms with Gasteiger partial charge in [0.25, 0.3) is 0 Å². The number of hydrogen-bond acceptors (Lipinski definition) is 5. The SMILES string of the molecule is COc1cc(CNCCOc2ccccc2C(F)(F)F)cc(OC)c1OC. The highest BCUT2D eigenvalue weighted by molar-refractivity contribution is 5.53. The number of halogens is 3. The average molecular weight is 385 g/mol. The van der Waals surface area contributed by atoms with E-state index in [2.05, 4.69) is 5.32 Å². The third-order valence-corrected chi connectivity index (χ3v) is 3.78. The van der Waals surface area contributed by atoms with Gasteiger partial charge in [-0.2, -0.15) is 13.2 Å². The van der Waals surface area contributed by atoms with Crippen LogP contribution in [0.15, 0.2) is 36.4 Å². The van der Waals surface area contributed by atoms with E-state index in [1.807, 2.05) is 0 Å². The molecule has 2 rings (SSSR count). The second-order valence-electron chi connectivity index (χ2n) is 5.55. The van der Waals surface area contributed by atoms with Gasteiger partial charge in [-0.15, -0.1) is 0 Å². The lowest BCUT2D eigenvalue weighted by molar-refractivity contribution is -0.138. The van der Waals surface area contributed by atoms with Crippen molar-refractivity contribution in [3.8, 4) is 23.0 Å². The molecular formula is C19H22F3NO4. The van der Waals surface area contributed by atoms with Crippen molar-refractivity contribution in [3.05, 3.63) is 47.5 Å². The molecule has 1 N–H and O–H groups in total. The van der Waals surface area contributed by atoms with Crippen molar-refractivity contribution in [2.45, 2.75) is 12.7 Å². The minimum atomic E-state index is -4.44. The largest absolute Gasteiger partial charge is 0.493 e. The molecule has 0 aliphatic carbocycles. The van der Waals surface area contributed by atoms with Gasteiger partial charge in [-0.25, -0.2) is 0 Å². The van der Waals surface area contributed by atoms with Crippen LogP contribution < -0.4 is 24.3 Å². The summed E-state index contributed by atoms with van der Waals surface area (Å²) in [5.41, 5.74) is 0.0924. The molecule has 0 aliphatic rings. The lowest BCUT2D eigenvalue weighted by Gasteiger charge is -2.15. The van der Waals surface area contributed by atoms with E-state index in [0.717, 1.165) is 11.6 Å². The molecule has 0 heterocycles. The molecule has 0 atom stereocenters. The van der Waals surface area contributed by atoms with Crippen LogP contribution in [0.5, 0.6) is 23.0 Å². The van der Waals surface area contributed by atoms with Crippen LogP contribution in [-0.2, 0) is 12.7 Å². The molecule has 0 radical (unpaired) electrons. The molecule has 0 aromatic heterocycles. The molecule has 0 saturated carbocycles. The first-order valence-electron chi connectivity index (χ1n) is 8.19. The standard InChI is InChI=1S/C19H22F3NO4/c1-24-16-10-13(11-17(25-2)18(16)26-3)12-23-8-9-27-15-7-5-4-6-14(15)19(20,21)22/h4-7,10-11,23H,8-9,12H2,1-3H3. The summed E-state index contributed by atoms with van der Waals surface area (Å²) in [6, 6.07) is 8.75. The van der Waals surface area contributed by atoms with E-state index < -0.39 is 11.7 Å². The van der Waals surface area contributed by atoms with Crippen LogP contribution in [0.4, 0.5) is 13.2 Å². The van der Waals surface area contributed by atoms with Crippen molar-refractivity contribution < 1.29 is 32.1 Å².